The van der Waals surface area contributed by atoms with Crippen molar-refractivity contribution in [2.75, 3.05) is 32.7 Å². The smallest absolute Gasteiger partial charge is 0.254 e. The first-order valence-electron chi connectivity index (χ1n) is 13.3. The highest BCUT2D eigenvalue weighted by Crippen LogP contribution is 2.29. The van der Waals surface area contributed by atoms with Crippen LogP contribution in [-0.4, -0.2) is 60.4 Å². The minimum Gasteiger partial charge on any atom is -0.355 e. The fourth-order valence-corrected chi connectivity index (χ4v) is 4.92. The molecule has 1 aliphatic rings. The normalized spacial score (nSPS) is 16.4. The van der Waals surface area contributed by atoms with Crippen LogP contribution in [0.5, 0.6) is 0 Å². The van der Waals surface area contributed by atoms with Crippen molar-refractivity contribution in [1.29, 1.82) is 0 Å². The largest absolute Gasteiger partial charge is 0.355 e. The molecule has 1 aliphatic heterocycles. The van der Waals surface area contributed by atoms with E-state index in [1.54, 1.807) is 0 Å². The molecule has 4 rings (SSSR count). The summed E-state index contributed by atoms with van der Waals surface area (Å²) < 4.78 is 0. The molecule has 1 N–H and O–H groups in total. The SMILES string of the molecule is CCN(CC)CCNC(=O)CC1CC(=Cc2ccccc2)CN1C(=O)c1ccc(-c2ccccc2)cc1. The minimum atomic E-state index is -0.162. The lowest BCUT2D eigenvalue weighted by Crippen LogP contribution is -2.40. The maximum Gasteiger partial charge on any atom is 0.254 e. The molecule has 1 atom stereocenters. The summed E-state index contributed by atoms with van der Waals surface area (Å²) in [4.78, 5) is 30.6. The number of hydrogen-bond donors (Lipinski definition) is 1. The van der Waals surface area contributed by atoms with Gasteiger partial charge in [0.05, 0.1) is 0 Å². The van der Waals surface area contributed by atoms with Gasteiger partial charge in [0.15, 0.2) is 0 Å². The molecule has 1 saturated heterocycles. The van der Waals surface area contributed by atoms with Gasteiger partial charge in [0.25, 0.3) is 5.91 Å². The van der Waals surface area contributed by atoms with E-state index in [4.69, 9.17) is 0 Å². The van der Waals surface area contributed by atoms with E-state index >= 15 is 0 Å². The first kappa shape index (κ1) is 26.4. The number of likely N-dealkylation sites (tertiary alicyclic amines) is 1. The van der Waals surface area contributed by atoms with Crippen molar-refractivity contribution in [2.24, 2.45) is 0 Å². The molecule has 3 aromatic carbocycles. The monoisotopic (exact) mass is 495 g/mol. The summed E-state index contributed by atoms with van der Waals surface area (Å²) in [7, 11) is 0. The Kier molecular flexibility index (Phi) is 9.28. The molecular formula is C32H37N3O2. The van der Waals surface area contributed by atoms with E-state index in [0.29, 0.717) is 31.5 Å². The molecule has 0 bridgehead atoms. The van der Waals surface area contributed by atoms with Crippen LogP contribution in [0.1, 0.15) is 42.6 Å². The Balaban J connectivity index is 1.48. The Morgan fingerprint density at radius 3 is 2.16 bits per heavy atom. The molecule has 0 saturated carbocycles. The Hall–Kier alpha value is -3.70. The van der Waals surface area contributed by atoms with Gasteiger partial charge in [-0.3, -0.25) is 9.59 Å². The fraction of sp³-hybridized carbons (Fsp3) is 0.312. The van der Waals surface area contributed by atoms with Crippen molar-refractivity contribution in [2.45, 2.75) is 32.7 Å². The summed E-state index contributed by atoms with van der Waals surface area (Å²) >= 11 is 0. The lowest BCUT2D eigenvalue weighted by Gasteiger charge is -2.24. The summed E-state index contributed by atoms with van der Waals surface area (Å²) in [5, 5.41) is 3.06. The van der Waals surface area contributed by atoms with E-state index in [1.807, 2.05) is 65.6 Å². The standard InChI is InChI=1S/C32H37N3O2/c1-3-34(4-2)20-19-33-31(36)23-30-22-26(21-25-11-7-5-8-12-25)24-35(30)32(37)29-17-15-28(16-18-29)27-13-9-6-10-14-27/h5-18,21,30H,3-4,19-20,22-24H2,1-2H3,(H,33,36). The van der Waals surface area contributed by atoms with Crippen molar-refractivity contribution in [3.63, 3.8) is 0 Å². The average Bonchev–Trinajstić information content (AvgIpc) is 3.33. The summed E-state index contributed by atoms with van der Waals surface area (Å²) in [5.41, 5.74) is 5.12. The molecular weight excluding hydrogens is 458 g/mol. The molecule has 1 heterocycles. The lowest BCUT2D eigenvalue weighted by atomic mass is 10.0. The van der Waals surface area contributed by atoms with Crippen molar-refractivity contribution in [1.82, 2.24) is 15.1 Å². The number of amides is 2. The summed E-state index contributed by atoms with van der Waals surface area (Å²) in [5.74, 6) is -0.0349. The molecule has 0 aromatic heterocycles. The van der Waals surface area contributed by atoms with Gasteiger partial charge >= 0.3 is 0 Å². The topological polar surface area (TPSA) is 52.7 Å². The van der Waals surface area contributed by atoms with E-state index in [0.717, 1.165) is 36.3 Å². The second-order valence-corrected chi connectivity index (χ2v) is 9.53. The summed E-state index contributed by atoms with van der Waals surface area (Å²) in [6.07, 6.45) is 3.15. The van der Waals surface area contributed by atoms with E-state index in [1.165, 1.54) is 5.57 Å². The van der Waals surface area contributed by atoms with Gasteiger partial charge in [-0.25, -0.2) is 0 Å². The molecule has 2 amide bonds. The number of hydrogen-bond acceptors (Lipinski definition) is 3. The van der Waals surface area contributed by atoms with Crippen LogP contribution in [0.3, 0.4) is 0 Å². The Bertz CT molecular complexity index is 1190. The number of carbonyl (C=O) groups is 2. The predicted octanol–water partition coefficient (Wildman–Crippen LogP) is 5.50. The number of carbonyl (C=O) groups excluding carboxylic acids is 2. The van der Waals surface area contributed by atoms with Crippen LogP contribution in [0.15, 0.2) is 90.5 Å². The number of nitrogens with zero attached hydrogens (tertiary/aromatic N) is 2. The van der Waals surface area contributed by atoms with Crippen molar-refractivity contribution in [3.05, 3.63) is 102 Å². The zero-order valence-electron chi connectivity index (χ0n) is 21.9. The molecule has 3 aromatic rings. The molecule has 5 heteroatoms. The number of nitrogens with one attached hydrogen (secondary N) is 1. The molecule has 0 radical (unpaired) electrons. The highest BCUT2D eigenvalue weighted by molar-refractivity contribution is 5.96. The molecule has 0 spiro atoms. The van der Waals surface area contributed by atoms with Gasteiger partial charge in [0.1, 0.15) is 0 Å². The first-order chi connectivity index (χ1) is 18.1. The van der Waals surface area contributed by atoms with Crippen LogP contribution in [0.25, 0.3) is 17.2 Å². The van der Waals surface area contributed by atoms with Gasteiger partial charge in [0.2, 0.25) is 5.91 Å². The van der Waals surface area contributed by atoms with E-state index in [2.05, 4.69) is 54.4 Å². The highest BCUT2D eigenvalue weighted by Gasteiger charge is 2.33. The summed E-state index contributed by atoms with van der Waals surface area (Å²) in [6, 6.07) is 27.9. The van der Waals surface area contributed by atoms with Gasteiger partial charge in [-0.1, -0.05) is 92.7 Å². The Morgan fingerprint density at radius 2 is 1.51 bits per heavy atom. The van der Waals surface area contributed by atoms with Gasteiger partial charge in [-0.05, 0) is 53.9 Å². The van der Waals surface area contributed by atoms with Gasteiger partial charge < -0.3 is 15.1 Å². The number of likely N-dealkylation sites (N-methyl/N-ethyl adjacent to an activating group) is 1. The predicted molar refractivity (Wildman–Crippen MR) is 151 cm³/mol. The van der Waals surface area contributed by atoms with E-state index in [9.17, 15) is 9.59 Å². The first-order valence-corrected chi connectivity index (χ1v) is 13.3. The van der Waals surface area contributed by atoms with Crippen LogP contribution < -0.4 is 5.32 Å². The second kappa shape index (κ2) is 13.0. The number of benzene rings is 3. The second-order valence-electron chi connectivity index (χ2n) is 9.53. The third kappa shape index (κ3) is 7.17. The third-order valence-corrected chi connectivity index (χ3v) is 7.05. The number of rotatable bonds is 10. The van der Waals surface area contributed by atoms with Gasteiger partial charge in [-0.15, -0.1) is 0 Å². The van der Waals surface area contributed by atoms with E-state index in [-0.39, 0.29) is 17.9 Å². The molecule has 192 valence electrons. The van der Waals surface area contributed by atoms with Crippen LogP contribution in [0, 0.1) is 0 Å². The van der Waals surface area contributed by atoms with Crippen LogP contribution in [0.4, 0.5) is 0 Å². The Morgan fingerprint density at radius 1 is 0.892 bits per heavy atom. The average molecular weight is 496 g/mol. The van der Waals surface area contributed by atoms with Crippen molar-refractivity contribution in [3.8, 4) is 11.1 Å². The van der Waals surface area contributed by atoms with Gasteiger partial charge in [-0.2, -0.15) is 0 Å². The molecule has 37 heavy (non-hydrogen) atoms. The third-order valence-electron chi connectivity index (χ3n) is 7.05. The maximum atomic E-state index is 13.6. The fourth-order valence-electron chi connectivity index (χ4n) is 4.92. The van der Waals surface area contributed by atoms with Crippen LogP contribution in [-0.2, 0) is 4.79 Å². The molecule has 0 aliphatic carbocycles. The molecule has 1 unspecified atom stereocenters. The minimum absolute atomic E-state index is 0.00431. The summed E-state index contributed by atoms with van der Waals surface area (Å²) in [6.45, 7) is 8.17. The zero-order valence-corrected chi connectivity index (χ0v) is 21.9. The molecule has 1 fully saturated rings. The Labute approximate surface area is 220 Å². The highest BCUT2D eigenvalue weighted by atomic mass is 16.2. The van der Waals surface area contributed by atoms with E-state index < -0.39 is 0 Å². The zero-order chi connectivity index (χ0) is 26.0. The van der Waals surface area contributed by atoms with Crippen LogP contribution >= 0.6 is 0 Å². The maximum absolute atomic E-state index is 13.6. The van der Waals surface area contributed by atoms with Crippen LogP contribution in [0.2, 0.25) is 0 Å². The quantitative estimate of drug-likeness (QED) is 0.404. The van der Waals surface area contributed by atoms with Gasteiger partial charge in [0, 0.05) is 37.7 Å². The van der Waals surface area contributed by atoms with Crippen molar-refractivity contribution < 1.29 is 9.59 Å². The van der Waals surface area contributed by atoms with Crippen molar-refractivity contribution >= 4 is 17.9 Å². The molecule has 5 nitrogen and oxygen atoms in total. The lowest BCUT2D eigenvalue weighted by molar-refractivity contribution is -0.121.